The number of pyridine rings is 1. The van der Waals surface area contributed by atoms with Gasteiger partial charge in [0.05, 0.1) is 10.7 Å². The van der Waals surface area contributed by atoms with Crippen molar-refractivity contribution in [3.05, 3.63) is 89.3 Å². The smallest absolute Gasteiger partial charge is 0.276 e. The van der Waals surface area contributed by atoms with E-state index in [1.807, 2.05) is 35.2 Å². The highest BCUT2D eigenvalue weighted by Crippen LogP contribution is 2.29. The van der Waals surface area contributed by atoms with Crippen molar-refractivity contribution in [3.63, 3.8) is 0 Å². The number of aromatic nitrogens is 4. The predicted molar refractivity (Wildman–Crippen MR) is 129 cm³/mol. The molecule has 1 amide bonds. The Hall–Kier alpha value is -3.71. The topological polar surface area (TPSA) is 67.2 Å². The van der Waals surface area contributed by atoms with Crippen LogP contribution in [0.5, 0.6) is 0 Å². The summed E-state index contributed by atoms with van der Waals surface area (Å²) in [6.07, 6.45) is 3.40. The first-order valence-corrected chi connectivity index (χ1v) is 11.2. The van der Waals surface area contributed by atoms with Crippen LogP contribution < -0.4 is 4.90 Å². The minimum absolute atomic E-state index is 0.143. The van der Waals surface area contributed by atoms with Crippen LogP contribution in [0.2, 0.25) is 5.02 Å². The zero-order valence-electron chi connectivity index (χ0n) is 18.2. The SMILES string of the molecule is Cc1cccc(N2CCN(C(=O)c3nnn(-c4ccccc4Cl)c3-c3cccnc3)CC2)c1. The van der Waals surface area contributed by atoms with Gasteiger partial charge in [-0.05, 0) is 48.9 Å². The molecule has 3 heterocycles. The zero-order valence-corrected chi connectivity index (χ0v) is 19.0. The highest BCUT2D eigenvalue weighted by Gasteiger charge is 2.29. The number of para-hydroxylation sites is 1. The lowest BCUT2D eigenvalue weighted by Crippen LogP contribution is -2.49. The van der Waals surface area contributed by atoms with Gasteiger partial charge in [0.15, 0.2) is 5.69 Å². The van der Waals surface area contributed by atoms with Crippen molar-refractivity contribution in [1.29, 1.82) is 0 Å². The summed E-state index contributed by atoms with van der Waals surface area (Å²) >= 11 is 6.44. The summed E-state index contributed by atoms with van der Waals surface area (Å²) in [6.45, 7) is 4.83. The van der Waals surface area contributed by atoms with Crippen molar-refractivity contribution in [2.24, 2.45) is 0 Å². The monoisotopic (exact) mass is 458 g/mol. The molecule has 5 rings (SSSR count). The van der Waals surface area contributed by atoms with E-state index >= 15 is 0 Å². The summed E-state index contributed by atoms with van der Waals surface area (Å²) in [4.78, 5) is 21.9. The molecule has 0 saturated carbocycles. The highest BCUT2D eigenvalue weighted by atomic mass is 35.5. The molecule has 0 atom stereocenters. The van der Waals surface area contributed by atoms with E-state index in [9.17, 15) is 4.79 Å². The quantitative estimate of drug-likeness (QED) is 0.457. The van der Waals surface area contributed by atoms with Gasteiger partial charge in [-0.3, -0.25) is 9.78 Å². The van der Waals surface area contributed by atoms with E-state index in [0.29, 0.717) is 35.2 Å². The van der Waals surface area contributed by atoms with Crippen molar-refractivity contribution in [2.75, 3.05) is 31.1 Å². The van der Waals surface area contributed by atoms with Crippen LogP contribution in [-0.2, 0) is 0 Å². The van der Waals surface area contributed by atoms with E-state index in [2.05, 4.69) is 51.4 Å². The molecular weight excluding hydrogens is 436 g/mol. The van der Waals surface area contributed by atoms with Crippen molar-refractivity contribution < 1.29 is 4.79 Å². The van der Waals surface area contributed by atoms with E-state index in [4.69, 9.17) is 11.6 Å². The Morgan fingerprint density at radius 2 is 1.79 bits per heavy atom. The van der Waals surface area contributed by atoms with Gasteiger partial charge >= 0.3 is 0 Å². The molecule has 1 fully saturated rings. The molecule has 8 heteroatoms. The number of rotatable bonds is 4. The van der Waals surface area contributed by atoms with Crippen molar-refractivity contribution in [3.8, 4) is 16.9 Å². The summed E-state index contributed by atoms with van der Waals surface area (Å²) in [5, 5.41) is 9.13. The zero-order chi connectivity index (χ0) is 22.8. The first kappa shape index (κ1) is 21.2. The van der Waals surface area contributed by atoms with E-state index in [0.717, 1.165) is 18.7 Å². The normalized spacial score (nSPS) is 13.9. The van der Waals surface area contributed by atoms with Crippen LogP contribution in [0.4, 0.5) is 5.69 Å². The molecule has 0 radical (unpaired) electrons. The van der Waals surface area contributed by atoms with Gasteiger partial charge in [0.2, 0.25) is 0 Å². The van der Waals surface area contributed by atoms with Crippen LogP contribution in [0, 0.1) is 6.92 Å². The molecule has 2 aromatic carbocycles. The van der Waals surface area contributed by atoms with Gasteiger partial charge in [-0.1, -0.05) is 41.1 Å². The van der Waals surface area contributed by atoms with Gasteiger partial charge in [0, 0.05) is 49.8 Å². The van der Waals surface area contributed by atoms with Crippen molar-refractivity contribution >= 4 is 23.2 Å². The number of hydrogen-bond donors (Lipinski definition) is 0. The molecule has 166 valence electrons. The summed E-state index contributed by atoms with van der Waals surface area (Å²) in [5.74, 6) is -0.143. The first-order chi connectivity index (χ1) is 16.1. The Bertz CT molecular complexity index is 1280. The standard InChI is InChI=1S/C25H23ClN6O/c1-18-6-4-8-20(16-18)30-12-14-31(15-13-30)25(33)23-24(19-7-5-11-27-17-19)32(29-28-23)22-10-3-2-9-21(22)26/h2-11,16-17H,12-15H2,1H3. The third kappa shape index (κ3) is 4.19. The Morgan fingerprint density at radius 3 is 2.52 bits per heavy atom. The molecule has 1 aliphatic rings. The maximum atomic E-state index is 13.6. The molecule has 0 spiro atoms. The maximum absolute atomic E-state index is 13.6. The lowest BCUT2D eigenvalue weighted by molar-refractivity contribution is 0.0741. The fourth-order valence-electron chi connectivity index (χ4n) is 4.12. The van der Waals surface area contributed by atoms with E-state index in [-0.39, 0.29) is 5.91 Å². The molecule has 1 saturated heterocycles. The fourth-order valence-corrected chi connectivity index (χ4v) is 4.34. The molecule has 4 aromatic rings. The van der Waals surface area contributed by atoms with E-state index in [1.54, 1.807) is 23.1 Å². The number of anilines is 1. The van der Waals surface area contributed by atoms with E-state index < -0.39 is 0 Å². The number of aryl methyl sites for hydroxylation is 1. The van der Waals surface area contributed by atoms with Crippen LogP contribution >= 0.6 is 11.6 Å². The number of amides is 1. The largest absolute Gasteiger partial charge is 0.368 e. The minimum atomic E-state index is -0.143. The lowest BCUT2D eigenvalue weighted by Gasteiger charge is -2.36. The van der Waals surface area contributed by atoms with Gasteiger partial charge in [-0.15, -0.1) is 5.10 Å². The van der Waals surface area contributed by atoms with Gasteiger partial charge in [0.25, 0.3) is 5.91 Å². The third-order valence-corrected chi connectivity index (χ3v) is 6.14. The van der Waals surface area contributed by atoms with Gasteiger partial charge < -0.3 is 9.80 Å². The number of carbonyl (C=O) groups excluding carboxylic acids is 1. The van der Waals surface area contributed by atoms with Crippen molar-refractivity contribution in [2.45, 2.75) is 6.92 Å². The van der Waals surface area contributed by atoms with Crippen LogP contribution in [0.25, 0.3) is 16.9 Å². The van der Waals surface area contributed by atoms with Gasteiger partial charge in [-0.2, -0.15) is 0 Å². The molecule has 2 aromatic heterocycles. The number of carbonyl (C=O) groups is 1. The van der Waals surface area contributed by atoms with Crippen LogP contribution in [0.3, 0.4) is 0 Å². The molecular formula is C25H23ClN6O. The predicted octanol–water partition coefficient (Wildman–Crippen LogP) is 4.25. The van der Waals surface area contributed by atoms with Crippen LogP contribution in [0.1, 0.15) is 16.1 Å². The third-order valence-electron chi connectivity index (χ3n) is 5.82. The molecule has 0 aliphatic carbocycles. The summed E-state index contributed by atoms with van der Waals surface area (Å²) in [7, 11) is 0. The molecule has 0 bridgehead atoms. The average molecular weight is 459 g/mol. The Balaban J connectivity index is 1.45. The van der Waals surface area contributed by atoms with Crippen molar-refractivity contribution in [1.82, 2.24) is 24.9 Å². The Kier molecular flexibility index (Phi) is 5.79. The first-order valence-electron chi connectivity index (χ1n) is 10.8. The van der Waals surface area contributed by atoms with Gasteiger partial charge in [0.1, 0.15) is 5.69 Å². The Morgan fingerprint density at radius 1 is 0.970 bits per heavy atom. The summed E-state index contributed by atoms with van der Waals surface area (Å²) < 4.78 is 1.62. The number of benzene rings is 2. The molecule has 0 unspecified atom stereocenters. The maximum Gasteiger partial charge on any atom is 0.276 e. The number of piperazine rings is 1. The Labute approximate surface area is 197 Å². The molecule has 7 nitrogen and oxygen atoms in total. The fraction of sp³-hybridized carbons (Fsp3) is 0.200. The molecule has 0 N–H and O–H groups in total. The van der Waals surface area contributed by atoms with E-state index in [1.165, 1.54) is 11.3 Å². The second kappa shape index (κ2) is 9.03. The second-order valence-electron chi connectivity index (χ2n) is 8.01. The average Bonchev–Trinajstić information content (AvgIpc) is 3.29. The van der Waals surface area contributed by atoms with Gasteiger partial charge in [-0.25, -0.2) is 4.68 Å². The molecule has 33 heavy (non-hydrogen) atoms. The minimum Gasteiger partial charge on any atom is -0.368 e. The summed E-state index contributed by atoms with van der Waals surface area (Å²) in [6, 6.07) is 19.5. The lowest BCUT2D eigenvalue weighted by atomic mass is 10.1. The highest BCUT2D eigenvalue weighted by molar-refractivity contribution is 6.32. The van der Waals surface area contributed by atoms with Crippen LogP contribution in [0.15, 0.2) is 73.1 Å². The number of nitrogens with zero attached hydrogens (tertiary/aromatic N) is 6. The number of hydrogen-bond acceptors (Lipinski definition) is 5. The molecule has 1 aliphatic heterocycles. The number of halogens is 1. The van der Waals surface area contributed by atoms with Crippen LogP contribution in [-0.4, -0.2) is 57.0 Å². The second-order valence-corrected chi connectivity index (χ2v) is 8.42. The summed E-state index contributed by atoms with van der Waals surface area (Å²) in [5.41, 5.74) is 4.71.